The summed E-state index contributed by atoms with van der Waals surface area (Å²) in [7, 11) is -1.64. The quantitative estimate of drug-likeness (QED) is 0.834. The third kappa shape index (κ3) is 2.84. The molecule has 1 aromatic heterocycles. The molecule has 1 aromatic rings. The summed E-state index contributed by atoms with van der Waals surface area (Å²) in [5.41, 5.74) is 0.375. The molecule has 0 unspecified atom stereocenters. The Hall–Kier alpha value is -0.880. The van der Waals surface area contributed by atoms with Gasteiger partial charge in [0.1, 0.15) is 4.90 Å². The number of hydrogen-bond acceptors (Lipinski definition) is 3. The molecule has 0 saturated carbocycles. The predicted molar refractivity (Wildman–Crippen MR) is 74.5 cm³/mol. The van der Waals surface area contributed by atoms with E-state index in [-0.39, 0.29) is 5.41 Å². The second-order valence-electron chi connectivity index (χ2n) is 6.23. The van der Waals surface area contributed by atoms with Crippen LogP contribution in [0.3, 0.4) is 0 Å². The van der Waals surface area contributed by atoms with Crippen LogP contribution in [0.15, 0.2) is 11.1 Å². The van der Waals surface area contributed by atoms with E-state index < -0.39 is 10.0 Å². The fraction of sp³-hybridized carbons (Fsp3) is 0.769. The second-order valence-corrected chi connectivity index (χ2v) is 8.14. The first-order chi connectivity index (χ1) is 8.73. The van der Waals surface area contributed by atoms with E-state index in [1.54, 1.807) is 22.2 Å². The van der Waals surface area contributed by atoms with Gasteiger partial charge in [-0.25, -0.2) is 8.42 Å². The minimum Gasteiger partial charge on any atom is -0.274 e. The molecule has 1 fully saturated rings. The van der Waals surface area contributed by atoms with E-state index in [0.29, 0.717) is 23.7 Å². The third-order valence-corrected chi connectivity index (χ3v) is 5.34. The fourth-order valence-electron chi connectivity index (χ4n) is 2.42. The van der Waals surface area contributed by atoms with Crippen LogP contribution in [0.5, 0.6) is 0 Å². The van der Waals surface area contributed by atoms with Crippen molar-refractivity contribution in [1.29, 1.82) is 0 Å². The van der Waals surface area contributed by atoms with Gasteiger partial charge >= 0.3 is 0 Å². The van der Waals surface area contributed by atoms with Gasteiger partial charge in [0, 0.05) is 31.7 Å². The first-order valence-electron chi connectivity index (χ1n) is 6.77. The lowest BCUT2D eigenvalue weighted by molar-refractivity contribution is 0.345. The van der Waals surface area contributed by atoms with Crippen molar-refractivity contribution in [3.8, 4) is 0 Å². The zero-order valence-electron chi connectivity index (χ0n) is 12.2. The van der Waals surface area contributed by atoms with Gasteiger partial charge in [-0.15, -0.1) is 0 Å². The summed E-state index contributed by atoms with van der Waals surface area (Å²) in [6.45, 7) is 7.22. The van der Waals surface area contributed by atoms with Crippen LogP contribution in [0.1, 0.15) is 45.7 Å². The largest absolute Gasteiger partial charge is 0.274 e. The van der Waals surface area contributed by atoms with Gasteiger partial charge in [0.05, 0.1) is 5.69 Å². The van der Waals surface area contributed by atoms with Crippen LogP contribution in [0.2, 0.25) is 0 Å². The van der Waals surface area contributed by atoms with Gasteiger partial charge in [0.15, 0.2) is 0 Å². The number of nitrogens with zero attached hydrogens (tertiary/aromatic N) is 3. The van der Waals surface area contributed by atoms with Crippen LogP contribution in [0.4, 0.5) is 0 Å². The van der Waals surface area contributed by atoms with Crippen LogP contribution >= 0.6 is 0 Å². The Kier molecular flexibility index (Phi) is 3.75. The Bertz CT molecular complexity index is 549. The summed E-state index contributed by atoms with van der Waals surface area (Å²) in [5.74, 6) is 0. The van der Waals surface area contributed by atoms with E-state index in [4.69, 9.17) is 0 Å². The van der Waals surface area contributed by atoms with Gasteiger partial charge in [-0.2, -0.15) is 9.40 Å². The Morgan fingerprint density at radius 1 is 1.16 bits per heavy atom. The topological polar surface area (TPSA) is 55.2 Å². The lowest BCUT2D eigenvalue weighted by Crippen LogP contribution is -2.36. The van der Waals surface area contributed by atoms with Gasteiger partial charge < -0.3 is 0 Å². The van der Waals surface area contributed by atoms with Gasteiger partial charge in [-0.1, -0.05) is 27.2 Å². The Morgan fingerprint density at radius 3 is 2.26 bits per heavy atom. The molecular formula is C13H23N3O2S. The molecule has 2 rings (SSSR count). The zero-order valence-corrected chi connectivity index (χ0v) is 13.0. The molecule has 0 radical (unpaired) electrons. The Morgan fingerprint density at radius 2 is 1.74 bits per heavy atom. The summed E-state index contributed by atoms with van der Waals surface area (Å²) in [5, 5.41) is 4.35. The highest BCUT2D eigenvalue weighted by molar-refractivity contribution is 7.89. The standard InChI is InChI=1S/C13H23N3O2S/c1-13(2,3)12-11(10-15(4)14-12)19(17,18)16-8-6-5-7-9-16/h10H,5-9H2,1-4H3. The van der Waals surface area contributed by atoms with E-state index in [1.165, 1.54) is 0 Å². The zero-order chi connectivity index (χ0) is 14.3. The smallest absolute Gasteiger partial charge is 0.246 e. The molecule has 0 bridgehead atoms. The minimum atomic E-state index is -3.40. The molecule has 2 heterocycles. The highest BCUT2D eigenvalue weighted by Crippen LogP contribution is 2.30. The second kappa shape index (κ2) is 4.90. The van der Waals surface area contributed by atoms with Gasteiger partial charge in [0.2, 0.25) is 10.0 Å². The Labute approximate surface area is 115 Å². The van der Waals surface area contributed by atoms with Crippen molar-refractivity contribution in [3.63, 3.8) is 0 Å². The number of rotatable bonds is 2. The van der Waals surface area contributed by atoms with E-state index in [0.717, 1.165) is 19.3 Å². The van der Waals surface area contributed by atoms with E-state index >= 15 is 0 Å². The van der Waals surface area contributed by atoms with Crippen LogP contribution in [-0.4, -0.2) is 35.6 Å². The molecule has 0 atom stereocenters. The molecule has 1 saturated heterocycles. The summed E-state index contributed by atoms with van der Waals surface area (Å²) in [6.07, 6.45) is 4.64. The number of aryl methyl sites for hydroxylation is 1. The molecule has 0 N–H and O–H groups in total. The molecule has 1 aliphatic heterocycles. The normalized spacial score (nSPS) is 18.7. The maximum Gasteiger partial charge on any atom is 0.246 e. The van der Waals surface area contributed by atoms with Crippen molar-refractivity contribution in [1.82, 2.24) is 14.1 Å². The van der Waals surface area contributed by atoms with E-state index in [1.807, 2.05) is 20.8 Å². The lowest BCUT2D eigenvalue weighted by Gasteiger charge is -2.27. The van der Waals surface area contributed by atoms with E-state index in [9.17, 15) is 8.42 Å². The SMILES string of the molecule is Cn1cc(S(=O)(=O)N2CCCCC2)c(C(C)(C)C)n1. The first-order valence-corrected chi connectivity index (χ1v) is 8.21. The average Bonchev–Trinajstić information content (AvgIpc) is 2.73. The molecule has 19 heavy (non-hydrogen) atoms. The first kappa shape index (κ1) is 14.5. The summed E-state index contributed by atoms with van der Waals surface area (Å²) >= 11 is 0. The molecule has 6 heteroatoms. The van der Waals surface area contributed by atoms with Crippen LogP contribution in [-0.2, 0) is 22.5 Å². The molecule has 0 aromatic carbocycles. The van der Waals surface area contributed by atoms with Crippen molar-refractivity contribution >= 4 is 10.0 Å². The van der Waals surface area contributed by atoms with Crippen LogP contribution in [0.25, 0.3) is 0 Å². The molecule has 5 nitrogen and oxygen atoms in total. The lowest BCUT2D eigenvalue weighted by atomic mass is 9.92. The van der Waals surface area contributed by atoms with Gasteiger partial charge in [-0.05, 0) is 12.8 Å². The highest BCUT2D eigenvalue weighted by atomic mass is 32.2. The molecule has 0 amide bonds. The highest BCUT2D eigenvalue weighted by Gasteiger charge is 2.34. The molecular weight excluding hydrogens is 262 g/mol. The number of piperidine rings is 1. The van der Waals surface area contributed by atoms with Crippen molar-refractivity contribution in [2.24, 2.45) is 7.05 Å². The van der Waals surface area contributed by atoms with Crippen molar-refractivity contribution < 1.29 is 8.42 Å². The molecule has 1 aliphatic rings. The average molecular weight is 285 g/mol. The number of aromatic nitrogens is 2. The van der Waals surface area contributed by atoms with E-state index in [2.05, 4.69) is 5.10 Å². The molecule has 0 aliphatic carbocycles. The summed E-state index contributed by atoms with van der Waals surface area (Å²) in [4.78, 5) is 0.365. The third-order valence-electron chi connectivity index (χ3n) is 3.44. The monoisotopic (exact) mass is 285 g/mol. The van der Waals surface area contributed by atoms with Crippen molar-refractivity contribution in [2.75, 3.05) is 13.1 Å². The van der Waals surface area contributed by atoms with Gasteiger partial charge in [0.25, 0.3) is 0 Å². The number of hydrogen-bond donors (Lipinski definition) is 0. The molecule has 0 spiro atoms. The van der Waals surface area contributed by atoms with Crippen LogP contribution < -0.4 is 0 Å². The van der Waals surface area contributed by atoms with Crippen molar-refractivity contribution in [2.45, 2.75) is 50.3 Å². The maximum absolute atomic E-state index is 12.7. The maximum atomic E-state index is 12.7. The van der Waals surface area contributed by atoms with Gasteiger partial charge in [-0.3, -0.25) is 4.68 Å². The number of sulfonamides is 1. The fourth-order valence-corrected chi connectivity index (χ4v) is 4.31. The summed E-state index contributed by atoms with van der Waals surface area (Å²) in [6, 6.07) is 0. The summed E-state index contributed by atoms with van der Waals surface area (Å²) < 4.78 is 28.7. The minimum absolute atomic E-state index is 0.278. The van der Waals surface area contributed by atoms with Crippen molar-refractivity contribution in [3.05, 3.63) is 11.9 Å². The molecule has 108 valence electrons. The van der Waals surface area contributed by atoms with Crippen LogP contribution in [0, 0.1) is 0 Å². The Balaban J connectivity index is 2.45. The predicted octanol–water partition coefficient (Wildman–Crippen LogP) is 1.89.